The largest absolute Gasteiger partial charge is 0.300 e. The summed E-state index contributed by atoms with van der Waals surface area (Å²) in [5.41, 5.74) is 0.565. The van der Waals surface area contributed by atoms with E-state index in [0.29, 0.717) is 28.2 Å². The SMILES string of the molecule is CC[C@H]1CCCCN1CCCNS(=O)(=O)Cc1ccc(Cl)cc1Cl. The molecule has 0 radical (unpaired) electrons. The van der Waals surface area contributed by atoms with E-state index in [4.69, 9.17) is 23.2 Å². The van der Waals surface area contributed by atoms with E-state index in [1.165, 1.54) is 25.7 Å². The van der Waals surface area contributed by atoms with Gasteiger partial charge in [0.15, 0.2) is 0 Å². The molecule has 1 fully saturated rings. The Balaban J connectivity index is 1.78. The van der Waals surface area contributed by atoms with E-state index >= 15 is 0 Å². The lowest BCUT2D eigenvalue weighted by molar-refractivity contribution is 0.143. The predicted octanol–water partition coefficient (Wildman–Crippen LogP) is 4.07. The number of nitrogens with zero attached hydrogens (tertiary/aromatic N) is 1. The maximum atomic E-state index is 12.2. The molecule has 0 bridgehead atoms. The average Bonchev–Trinajstić information content (AvgIpc) is 2.54. The van der Waals surface area contributed by atoms with Crippen LogP contribution in [0.4, 0.5) is 0 Å². The van der Waals surface area contributed by atoms with Crippen LogP contribution in [0, 0.1) is 0 Å². The molecule has 0 aliphatic carbocycles. The molecule has 1 aromatic carbocycles. The van der Waals surface area contributed by atoms with Crippen LogP contribution >= 0.6 is 23.2 Å². The second-order valence-electron chi connectivity index (χ2n) is 6.34. The highest BCUT2D eigenvalue weighted by molar-refractivity contribution is 7.88. The van der Waals surface area contributed by atoms with E-state index in [0.717, 1.165) is 19.5 Å². The molecule has 1 aliphatic heterocycles. The molecule has 0 aromatic heterocycles. The Morgan fingerprint density at radius 3 is 2.79 bits per heavy atom. The topological polar surface area (TPSA) is 49.4 Å². The van der Waals surface area contributed by atoms with Crippen LogP contribution in [-0.4, -0.2) is 39.0 Å². The van der Waals surface area contributed by atoms with Crippen LogP contribution in [0.5, 0.6) is 0 Å². The van der Waals surface area contributed by atoms with E-state index in [9.17, 15) is 8.42 Å². The van der Waals surface area contributed by atoms with Crippen molar-refractivity contribution in [2.24, 2.45) is 0 Å². The summed E-state index contributed by atoms with van der Waals surface area (Å²) in [5, 5.41) is 0.882. The lowest BCUT2D eigenvalue weighted by atomic mass is 10.00. The second-order valence-corrected chi connectivity index (χ2v) is 8.99. The minimum atomic E-state index is -3.39. The first-order valence-electron chi connectivity index (χ1n) is 8.56. The van der Waals surface area contributed by atoms with Gasteiger partial charge in [-0.15, -0.1) is 0 Å². The van der Waals surface area contributed by atoms with E-state index in [1.807, 2.05) is 0 Å². The standard InChI is InChI=1S/C17H26Cl2N2O2S/c1-2-16-6-3-4-10-21(16)11-5-9-20-24(22,23)13-14-7-8-15(18)12-17(14)19/h7-8,12,16,20H,2-6,9-11,13H2,1H3/t16-/m0/s1. The van der Waals surface area contributed by atoms with Gasteiger partial charge in [-0.1, -0.05) is 42.6 Å². The average molecular weight is 393 g/mol. The van der Waals surface area contributed by atoms with Crippen molar-refractivity contribution < 1.29 is 8.42 Å². The highest BCUT2D eigenvalue weighted by atomic mass is 35.5. The van der Waals surface area contributed by atoms with Gasteiger partial charge >= 0.3 is 0 Å². The predicted molar refractivity (Wildman–Crippen MR) is 101 cm³/mol. The van der Waals surface area contributed by atoms with Gasteiger partial charge in [-0.2, -0.15) is 0 Å². The zero-order valence-corrected chi connectivity index (χ0v) is 16.4. The number of nitrogens with one attached hydrogen (secondary N) is 1. The van der Waals surface area contributed by atoms with Gasteiger partial charge in [-0.25, -0.2) is 13.1 Å². The van der Waals surface area contributed by atoms with Crippen molar-refractivity contribution >= 4 is 33.2 Å². The lowest BCUT2D eigenvalue weighted by Crippen LogP contribution is -2.40. The van der Waals surface area contributed by atoms with Gasteiger partial charge in [0.2, 0.25) is 10.0 Å². The minimum absolute atomic E-state index is 0.121. The zero-order valence-electron chi connectivity index (χ0n) is 14.1. The Hall–Kier alpha value is -0.330. The van der Waals surface area contributed by atoms with Crippen LogP contribution in [0.3, 0.4) is 0 Å². The van der Waals surface area contributed by atoms with E-state index in [2.05, 4.69) is 16.5 Å². The number of halogens is 2. The quantitative estimate of drug-likeness (QED) is 0.678. The Labute approximate surface area is 155 Å². The molecule has 24 heavy (non-hydrogen) atoms. The van der Waals surface area contributed by atoms with Crippen molar-refractivity contribution in [2.75, 3.05) is 19.6 Å². The molecular formula is C17H26Cl2N2O2S. The third-order valence-electron chi connectivity index (χ3n) is 4.53. The molecule has 1 atom stereocenters. The fourth-order valence-electron chi connectivity index (χ4n) is 3.22. The van der Waals surface area contributed by atoms with Gasteiger partial charge in [0, 0.05) is 22.6 Å². The number of benzene rings is 1. The van der Waals surface area contributed by atoms with E-state index < -0.39 is 10.0 Å². The molecule has 0 spiro atoms. The van der Waals surface area contributed by atoms with Crippen molar-refractivity contribution in [1.82, 2.24) is 9.62 Å². The Kier molecular flexibility index (Phi) is 7.82. The van der Waals surface area contributed by atoms with Gasteiger partial charge in [0.05, 0.1) is 5.75 Å². The smallest absolute Gasteiger partial charge is 0.215 e. The normalized spacial score (nSPS) is 19.5. The Bertz CT molecular complexity index is 637. The summed E-state index contributed by atoms with van der Waals surface area (Å²) in [5.74, 6) is -0.121. The van der Waals surface area contributed by atoms with Gasteiger partial charge in [-0.3, -0.25) is 0 Å². The summed E-state index contributed by atoms with van der Waals surface area (Å²) in [4.78, 5) is 2.49. The van der Waals surface area contributed by atoms with Gasteiger partial charge < -0.3 is 4.90 Å². The van der Waals surface area contributed by atoms with Crippen molar-refractivity contribution in [1.29, 1.82) is 0 Å². The summed E-state index contributed by atoms with van der Waals surface area (Å²) in [7, 11) is -3.39. The number of hydrogen-bond donors (Lipinski definition) is 1. The van der Waals surface area contributed by atoms with Gasteiger partial charge in [0.25, 0.3) is 0 Å². The Morgan fingerprint density at radius 2 is 2.08 bits per heavy atom. The first-order chi connectivity index (χ1) is 11.4. The highest BCUT2D eigenvalue weighted by Crippen LogP contribution is 2.22. The molecule has 4 nitrogen and oxygen atoms in total. The van der Waals surface area contributed by atoms with Crippen LogP contribution < -0.4 is 4.72 Å². The summed E-state index contributed by atoms with van der Waals surface area (Å²) >= 11 is 11.9. The number of hydrogen-bond acceptors (Lipinski definition) is 3. The minimum Gasteiger partial charge on any atom is -0.300 e. The van der Waals surface area contributed by atoms with Crippen LogP contribution in [0.25, 0.3) is 0 Å². The maximum Gasteiger partial charge on any atom is 0.215 e. The molecule has 7 heteroatoms. The zero-order chi connectivity index (χ0) is 17.6. The summed E-state index contributed by atoms with van der Waals surface area (Å²) < 4.78 is 27.1. The number of likely N-dealkylation sites (tertiary alicyclic amines) is 1. The third-order valence-corrected chi connectivity index (χ3v) is 6.45. The van der Waals surface area contributed by atoms with Crippen molar-refractivity contribution in [3.8, 4) is 0 Å². The van der Waals surface area contributed by atoms with Crippen molar-refractivity contribution in [2.45, 2.75) is 50.8 Å². The van der Waals surface area contributed by atoms with Gasteiger partial charge in [-0.05, 0) is 56.5 Å². The molecule has 1 aliphatic rings. The molecule has 0 saturated carbocycles. The molecule has 0 amide bonds. The molecule has 136 valence electrons. The summed E-state index contributed by atoms with van der Waals surface area (Å²) in [6, 6.07) is 5.53. The van der Waals surface area contributed by atoms with Crippen LogP contribution in [0.2, 0.25) is 10.0 Å². The molecular weight excluding hydrogens is 367 g/mol. The second kappa shape index (κ2) is 9.39. The van der Waals surface area contributed by atoms with E-state index in [-0.39, 0.29) is 5.75 Å². The van der Waals surface area contributed by atoms with E-state index in [1.54, 1.807) is 18.2 Å². The van der Waals surface area contributed by atoms with Gasteiger partial charge in [0.1, 0.15) is 0 Å². The summed E-state index contributed by atoms with van der Waals surface area (Å²) in [6.07, 6.45) is 5.81. The van der Waals surface area contributed by atoms with Crippen molar-refractivity contribution in [3.05, 3.63) is 33.8 Å². The highest BCUT2D eigenvalue weighted by Gasteiger charge is 2.20. The third kappa shape index (κ3) is 6.19. The first kappa shape index (κ1) is 20.0. The molecule has 1 aromatic rings. The monoisotopic (exact) mass is 392 g/mol. The number of piperidine rings is 1. The fraction of sp³-hybridized carbons (Fsp3) is 0.647. The molecule has 1 heterocycles. The number of rotatable bonds is 8. The van der Waals surface area contributed by atoms with Crippen LogP contribution in [-0.2, 0) is 15.8 Å². The lowest BCUT2D eigenvalue weighted by Gasteiger charge is -2.35. The van der Waals surface area contributed by atoms with Crippen molar-refractivity contribution in [3.63, 3.8) is 0 Å². The fourth-order valence-corrected chi connectivity index (χ4v) is 4.99. The summed E-state index contributed by atoms with van der Waals surface area (Å²) in [6.45, 7) is 4.76. The first-order valence-corrected chi connectivity index (χ1v) is 11.0. The molecule has 0 unspecified atom stereocenters. The molecule has 2 rings (SSSR count). The Morgan fingerprint density at radius 1 is 1.29 bits per heavy atom. The molecule has 1 N–H and O–H groups in total. The number of sulfonamides is 1. The maximum absolute atomic E-state index is 12.2. The molecule has 1 saturated heterocycles. The van der Waals surface area contributed by atoms with Crippen LogP contribution in [0.15, 0.2) is 18.2 Å². The van der Waals surface area contributed by atoms with Crippen LogP contribution in [0.1, 0.15) is 44.6 Å².